The Kier molecular flexibility index (Phi) is 6.38. The molecular formula is C19H20N2O5S. The molecule has 0 aliphatic heterocycles. The van der Waals surface area contributed by atoms with Gasteiger partial charge in [-0.05, 0) is 36.4 Å². The Balaban J connectivity index is 0.00000126. The maximum Gasteiger partial charge on any atom is 0.335 e. The maximum absolute atomic E-state index is 12.0. The van der Waals surface area contributed by atoms with Gasteiger partial charge in [-0.2, -0.15) is 0 Å². The van der Waals surface area contributed by atoms with Crippen LogP contribution >= 0.6 is 0 Å². The fourth-order valence-corrected chi connectivity index (χ4v) is 3.01. The van der Waals surface area contributed by atoms with Crippen molar-refractivity contribution in [2.75, 3.05) is 0 Å². The molecule has 3 N–H and O–H groups in total. The third-order valence-electron chi connectivity index (χ3n) is 3.43. The van der Waals surface area contributed by atoms with Crippen molar-refractivity contribution in [1.82, 2.24) is 4.57 Å². The van der Waals surface area contributed by atoms with Gasteiger partial charge in [-0.1, -0.05) is 32.0 Å². The highest BCUT2D eigenvalue weighted by Crippen LogP contribution is 2.35. The fourth-order valence-electron chi connectivity index (χ4n) is 2.32. The quantitative estimate of drug-likeness (QED) is 0.693. The van der Waals surface area contributed by atoms with Crippen LogP contribution in [0.4, 0.5) is 0 Å². The minimum Gasteiger partial charge on any atom is -0.478 e. The summed E-state index contributed by atoms with van der Waals surface area (Å²) in [6, 6.07) is 14.3. The van der Waals surface area contributed by atoms with Crippen LogP contribution in [0.1, 0.15) is 24.2 Å². The third kappa shape index (κ3) is 4.75. The SMILES string of the molecule is CC.NS(=O)(=O)c1cc(C(=O)O)cc(-n2cccc2)c1Oc1ccccc1. The average molecular weight is 388 g/mol. The van der Waals surface area contributed by atoms with Crippen LogP contribution in [0, 0.1) is 0 Å². The van der Waals surface area contributed by atoms with Crippen LogP contribution < -0.4 is 9.88 Å². The van der Waals surface area contributed by atoms with E-state index in [1.165, 1.54) is 6.07 Å². The minimum atomic E-state index is -4.22. The second-order valence-corrected chi connectivity index (χ2v) is 6.71. The lowest BCUT2D eigenvalue weighted by Gasteiger charge is -2.16. The summed E-state index contributed by atoms with van der Waals surface area (Å²) >= 11 is 0. The lowest BCUT2D eigenvalue weighted by Crippen LogP contribution is -2.16. The number of hydrogen-bond acceptors (Lipinski definition) is 4. The molecule has 1 aromatic heterocycles. The molecule has 0 aliphatic carbocycles. The van der Waals surface area contributed by atoms with Gasteiger partial charge in [0.05, 0.1) is 11.3 Å². The van der Waals surface area contributed by atoms with E-state index in [-0.39, 0.29) is 17.0 Å². The summed E-state index contributed by atoms with van der Waals surface area (Å²) in [7, 11) is -4.22. The molecule has 0 bridgehead atoms. The van der Waals surface area contributed by atoms with Gasteiger partial charge < -0.3 is 14.4 Å². The molecule has 3 aromatic rings. The highest BCUT2D eigenvalue weighted by molar-refractivity contribution is 7.89. The smallest absolute Gasteiger partial charge is 0.335 e. The van der Waals surface area contributed by atoms with Gasteiger partial charge in [-0.15, -0.1) is 0 Å². The van der Waals surface area contributed by atoms with Gasteiger partial charge in [0, 0.05) is 12.4 Å². The maximum atomic E-state index is 12.0. The number of benzene rings is 2. The Labute approximate surface area is 157 Å². The second kappa shape index (κ2) is 8.52. The van der Waals surface area contributed by atoms with E-state index in [9.17, 15) is 18.3 Å². The Bertz CT molecular complexity index is 1010. The molecule has 0 saturated carbocycles. The van der Waals surface area contributed by atoms with Gasteiger partial charge in [0.2, 0.25) is 10.0 Å². The van der Waals surface area contributed by atoms with Gasteiger partial charge >= 0.3 is 5.97 Å². The fraction of sp³-hybridized carbons (Fsp3) is 0.105. The Hall–Kier alpha value is -3.10. The normalized spacial score (nSPS) is 10.6. The molecule has 1 heterocycles. The van der Waals surface area contributed by atoms with Gasteiger partial charge in [-0.3, -0.25) is 0 Å². The molecule has 142 valence electrons. The summed E-state index contributed by atoms with van der Waals surface area (Å²) in [6.07, 6.45) is 3.29. The first-order chi connectivity index (χ1) is 12.9. The lowest BCUT2D eigenvalue weighted by atomic mass is 10.2. The Morgan fingerprint density at radius 3 is 2.15 bits per heavy atom. The number of para-hydroxylation sites is 1. The number of rotatable bonds is 5. The van der Waals surface area contributed by atoms with Crippen molar-refractivity contribution in [3.8, 4) is 17.2 Å². The molecule has 0 spiro atoms. The molecule has 0 saturated heterocycles. The van der Waals surface area contributed by atoms with Crippen molar-refractivity contribution in [1.29, 1.82) is 0 Å². The standard InChI is InChI=1S/C17H14N2O5S.C2H6/c18-25(22,23)15-11-12(17(20)21)10-14(19-8-4-5-9-19)16(15)24-13-6-2-1-3-7-13;1-2/h1-11H,(H,20,21)(H2,18,22,23);1-2H3. The molecule has 2 aromatic carbocycles. The van der Waals surface area contributed by atoms with Crippen molar-refractivity contribution in [2.24, 2.45) is 5.14 Å². The molecule has 0 aliphatic rings. The Morgan fingerprint density at radius 1 is 1.04 bits per heavy atom. The van der Waals surface area contributed by atoms with Crippen LogP contribution in [0.2, 0.25) is 0 Å². The highest BCUT2D eigenvalue weighted by Gasteiger charge is 2.24. The highest BCUT2D eigenvalue weighted by atomic mass is 32.2. The van der Waals surface area contributed by atoms with Crippen LogP contribution in [0.15, 0.2) is 71.9 Å². The zero-order valence-electron chi connectivity index (χ0n) is 14.9. The van der Waals surface area contributed by atoms with Crippen molar-refractivity contribution in [3.05, 3.63) is 72.6 Å². The lowest BCUT2D eigenvalue weighted by molar-refractivity contribution is 0.0696. The van der Waals surface area contributed by atoms with Crippen LogP contribution in [0.25, 0.3) is 5.69 Å². The van der Waals surface area contributed by atoms with E-state index in [1.807, 2.05) is 13.8 Å². The first kappa shape index (κ1) is 20.2. The average Bonchev–Trinajstić information content (AvgIpc) is 3.18. The molecule has 8 heteroatoms. The minimum absolute atomic E-state index is 0.0464. The molecule has 0 atom stereocenters. The molecule has 0 unspecified atom stereocenters. The van der Waals surface area contributed by atoms with E-state index in [4.69, 9.17) is 9.88 Å². The summed E-state index contributed by atoms with van der Waals surface area (Å²) in [4.78, 5) is 11.0. The van der Waals surface area contributed by atoms with Crippen LogP contribution in [0.3, 0.4) is 0 Å². The van der Waals surface area contributed by atoms with E-state index < -0.39 is 20.9 Å². The predicted molar refractivity (Wildman–Crippen MR) is 102 cm³/mol. The number of hydrogen-bond donors (Lipinski definition) is 2. The van der Waals surface area contributed by atoms with Gasteiger partial charge in [0.25, 0.3) is 0 Å². The molecule has 27 heavy (non-hydrogen) atoms. The number of aromatic carboxylic acids is 1. The number of ether oxygens (including phenoxy) is 1. The number of nitrogens with zero attached hydrogens (tertiary/aromatic N) is 1. The summed E-state index contributed by atoms with van der Waals surface area (Å²) in [5.74, 6) is -0.927. The van der Waals surface area contributed by atoms with Crippen LogP contribution in [0.5, 0.6) is 11.5 Å². The Morgan fingerprint density at radius 2 is 1.63 bits per heavy atom. The number of aromatic nitrogens is 1. The third-order valence-corrected chi connectivity index (χ3v) is 4.35. The van der Waals surface area contributed by atoms with E-state index in [0.717, 1.165) is 6.07 Å². The first-order valence-electron chi connectivity index (χ1n) is 8.16. The second-order valence-electron chi connectivity index (χ2n) is 5.18. The van der Waals surface area contributed by atoms with Crippen molar-refractivity contribution in [2.45, 2.75) is 18.7 Å². The number of nitrogens with two attached hydrogens (primary N) is 1. The van der Waals surface area contributed by atoms with Crippen LogP contribution in [-0.2, 0) is 10.0 Å². The van der Waals surface area contributed by atoms with Gasteiger partial charge in [0.1, 0.15) is 10.6 Å². The van der Waals surface area contributed by atoms with E-state index >= 15 is 0 Å². The largest absolute Gasteiger partial charge is 0.478 e. The van der Waals surface area contributed by atoms with Gasteiger partial charge in [-0.25, -0.2) is 18.4 Å². The molecular weight excluding hydrogens is 368 g/mol. The number of carboxylic acids is 1. The monoisotopic (exact) mass is 388 g/mol. The van der Waals surface area contributed by atoms with Crippen molar-refractivity contribution < 1.29 is 23.1 Å². The predicted octanol–water partition coefficient (Wildman–Crippen LogP) is 3.64. The zero-order chi connectivity index (χ0) is 20.0. The van der Waals surface area contributed by atoms with Crippen molar-refractivity contribution in [3.63, 3.8) is 0 Å². The summed E-state index contributed by atoms with van der Waals surface area (Å²) in [5, 5.41) is 14.6. The summed E-state index contributed by atoms with van der Waals surface area (Å²) < 4.78 is 31.4. The topological polar surface area (TPSA) is 112 Å². The zero-order valence-corrected chi connectivity index (χ0v) is 15.7. The molecule has 0 radical (unpaired) electrons. The number of sulfonamides is 1. The molecule has 3 rings (SSSR count). The van der Waals surface area contributed by atoms with E-state index in [0.29, 0.717) is 5.75 Å². The molecule has 0 amide bonds. The van der Waals surface area contributed by atoms with E-state index in [1.54, 1.807) is 59.4 Å². The number of primary sulfonamides is 1. The van der Waals surface area contributed by atoms with Crippen molar-refractivity contribution >= 4 is 16.0 Å². The summed E-state index contributed by atoms with van der Waals surface area (Å²) in [5.41, 5.74) is 0.0333. The summed E-state index contributed by atoms with van der Waals surface area (Å²) in [6.45, 7) is 4.00. The van der Waals surface area contributed by atoms with Crippen LogP contribution in [-0.4, -0.2) is 24.1 Å². The van der Waals surface area contributed by atoms with Gasteiger partial charge in [0.15, 0.2) is 5.75 Å². The van der Waals surface area contributed by atoms with E-state index in [2.05, 4.69) is 0 Å². The molecule has 0 fully saturated rings. The first-order valence-corrected chi connectivity index (χ1v) is 9.71. The number of carbonyl (C=O) groups is 1. The number of carboxylic acid groups (broad SMARTS) is 1. The molecule has 7 nitrogen and oxygen atoms in total.